The highest BCUT2D eigenvalue weighted by atomic mass is 35.5. The molecule has 0 fully saturated rings. The molecule has 6 nitrogen and oxygen atoms in total. The van der Waals surface area contributed by atoms with Gasteiger partial charge in [0.05, 0.1) is 4.53 Å². The molecule has 4 rings (SSSR count). The largest absolute Gasteiger partial charge is 0.427 e. The molecule has 0 spiro atoms. The lowest BCUT2D eigenvalue weighted by Gasteiger charge is -2.01. The predicted octanol–water partition coefficient (Wildman–Crippen LogP) is 2.94. The number of fused-ring (bicyclic) bond motifs is 1. The van der Waals surface area contributed by atoms with Gasteiger partial charge in [-0.2, -0.15) is 9.50 Å². The highest BCUT2D eigenvalue weighted by Gasteiger charge is 2.12. The Bertz CT molecular complexity index is 1260. The van der Waals surface area contributed by atoms with Crippen LogP contribution in [0.3, 0.4) is 0 Å². The number of benzene rings is 2. The quantitative estimate of drug-likeness (QED) is 0.392. The van der Waals surface area contributed by atoms with E-state index in [9.17, 15) is 9.59 Å². The number of rotatable bonds is 3. The Morgan fingerprint density at radius 3 is 2.70 bits per heavy atom. The number of carbonyl (C=O) groups is 1. The third-order valence-corrected chi connectivity index (χ3v) is 4.91. The maximum Gasteiger partial charge on any atom is 0.308 e. The lowest BCUT2D eigenvalue weighted by Crippen LogP contribution is -2.23. The summed E-state index contributed by atoms with van der Waals surface area (Å²) >= 11 is 7.14. The zero-order chi connectivity index (χ0) is 19.0. The van der Waals surface area contributed by atoms with Gasteiger partial charge in [0, 0.05) is 17.5 Å². The number of esters is 1. The van der Waals surface area contributed by atoms with Crippen molar-refractivity contribution in [3.05, 3.63) is 74.0 Å². The molecule has 2 heterocycles. The van der Waals surface area contributed by atoms with Crippen molar-refractivity contribution in [3.8, 4) is 17.1 Å². The maximum absolute atomic E-state index is 12.6. The van der Waals surface area contributed by atoms with Gasteiger partial charge in [-0.25, -0.2) is 0 Å². The number of nitrogens with zero attached hydrogens (tertiary/aromatic N) is 3. The van der Waals surface area contributed by atoms with Crippen LogP contribution in [0.15, 0.2) is 53.3 Å². The number of halogens is 1. The number of aromatic nitrogens is 3. The molecular formula is C19H12ClN3O3S. The maximum atomic E-state index is 12.6. The van der Waals surface area contributed by atoms with Crippen molar-refractivity contribution in [2.75, 3.05) is 0 Å². The molecule has 0 aliphatic rings. The van der Waals surface area contributed by atoms with Crippen molar-refractivity contribution in [1.29, 1.82) is 0 Å². The number of hydrogen-bond acceptors (Lipinski definition) is 6. The molecule has 0 radical (unpaired) electrons. The van der Waals surface area contributed by atoms with Crippen molar-refractivity contribution in [1.82, 2.24) is 14.6 Å². The van der Waals surface area contributed by atoms with Crippen LogP contribution in [0.2, 0.25) is 5.02 Å². The molecule has 2 aromatic heterocycles. The van der Waals surface area contributed by atoms with Crippen LogP contribution in [0.25, 0.3) is 22.4 Å². The van der Waals surface area contributed by atoms with Crippen LogP contribution < -0.4 is 14.8 Å². The first-order valence-electron chi connectivity index (χ1n) is 7.95. The molecule has 27 heavy (non-hydrogen) atoms. The minimum atomic E-state index is -0.398. The van der Waals surface area contributed by atoms with E-state index >= 15 is 0 Å². The van der Waals surface area contributed by atoms with Crippen LogP contribution in [0, 0.1) is 0 Å². The van der Waals surface area contributed by atoms with Crippen molar-refractivity contribution in [3.63, 3.8) is 0 Å². The number of thiazole rings is 1. The average Bonchev–Trinajstić information content (AvgIpc) is 3.16. The summed E-state index contributed by atoms with van der Waals surface area (Å²) in [6.45, 7) is 1.34. The molecule has 0 amide bonds. The fourth-order valence-electron chi connectivity index (χ4n) is 2.54. The van der Waals surface area contributed by atoms with Gasteiger partial charge < -0.3 is 4.74 Å². The first kappa shape index (κ1) is 17.4. The Morgan fingerprint density at radius 1 is 1.22 bits per heavy atom. The van der Waals surface area contributed by atoms with E-state index in [1.54, 1.807) is 48.5 Å². The van der Waals surface area contributed by atoms with Gasteiger partial charge in [-0.1, -0.05) is 35.1 Å². The summed E-state index contributed by atoms with van der Waals surface area (Å²) < 4.78 is 6.85. The minimum Gasteiger partial charge on any atom is -0.427 e. The standard InChI is InChI=1S/C19H12ClN3O3S/c1-11(24)26-15-4-2-3-12(9-15)10-16-18(25)23-19(27-16)21-17(22-23)13-5-7-14(20)8-6-13/h2-10H,1H3/b16-10-. The summed E-state index contributed by atoms with van der Waals surface area (Å²) in [7, 11) is 0. The highest BCUT2D eigenvalue weighted by Crippen LogP contribution is 2.19. The van der Waals surface area contributed by atoms with Gasteiger partial charge in [-0.05, 0) is 48.0 Å². The molecule has 0 atom stereocenters. The normalized spacial score (nSPS) is 11.9. The fourth-order valence-corrected chi connectivity index (χ4v) is 3.57. The van der Waals surface area contributed by atoms with Crippen molar-refractivity contribution in [2.45, 2.75) is 6.92 Å². The number of hydrogen-bond donors (Lipinski definition) is 0. The summed E-state index contributed by atoms with van der Waals surface area (Å²) in [6.07, 6.45) is 1.72. The first-order valence-corrected chi connectivity index (χ1v) is 9.15. The highest BCUT2D eigenvalue weighted by molar-refractivity contribution is 7.15. The number of carbonyl (C=O) groups excluding carboxylic acids is 1. The Kier molecular flexibility index (Phi) is 4.47. The van der Waals surface area contributed by atoms with E-state index in [1.807, 2.05) is 6.07 Å². The van der Waals surface area contributed by atoms with E-state index in [0.29, 0.717) is 26.1 Å². The summed E-state index contributed by atoms with van der Waals surface area (Å²) in [5.41, 5.74) is 1.28. The molecule has 0 aliphatic carbocycles. The molecule has 0 saturated carbocycles. The second kappa shape index (κ2) is 6.94. The third-order valence-electron chi connectivity index (χ3n) is 3.70. The van der Waals surface area contributed by atoms with E-state index in [1.165, 1.54) is 22.8 Å². The van der Waals surface area contributed by atoms with Gasteiger partial charge in [0.2, 0.25) is 4.96 Å². The summed E-state index contributed by atoms with van der Waals surface area (Å²) in [6, 6.07) is 14.1. The van der Waals surface area contributed by atoms with E-state index in [2.05, 4.69) is 10.1 Å². The van der Waals surface area contributed by atoms with Crippen molar-refractivity contribution < 1.29 is 9.53 Å². The summed E-state index contributed by atoms with van der Waals surface area (Å²) in [4.78, 5) is 28.6. The van der Waals surface area contributed by atoms with Gasteiger partial charge in [0.1, 0.15) is 5.75 Å². The molecule has 4 aromatic rings. The molecule has 8 heteroatoms. The molecule has 0 bridgehead atoms. The Balaban J connectivity index is 1.73. The van der Waals surface area contributed by atoms with Gasteiger partial charge in [-0.15, -0.1) is 5.10 Å². The van der Waals surface area contributed by atoms with Crippen LogP contribution >= 0.6 is 22.9 Å². The van der Waals surface area contributed by atoms with Crippen LogP contribution in [-0.4, -0.2) is 20.6 Å². The number of ether oxygens (including phenoxy) is 1. The smallest absolute Gasteiger partial charge is 0.308 e. The van der Waals surface area contributed by atoms with Gasteiger partial charge in [-0.3, -0.25) is 9.59 Å². The molecule has 0 aliphatic heterocycles. The molecule has 0 N–H and O–H groups in total. The van der Waals surface area contributed by atoms with Gasteiger partial charge in [0.15, 0.2) is 5.82 Å². The van der Waals surface area contributed by atoms with Crippen LogP contribution in [-0.2, 0) is 4.79 Å². The van der Waals surface area contributed by atoms with Crippen LogP contribution in [0.4, 0.5) is 0 Å². The Labute approximate surface area is 162 Å². The Morgan fingerprint density at radius 2 is 2.00 bits per heavy atom. The fraction of sp³-hybridized carbons (Fsp3) is 0.0526. The second-order valence-electron chi connectivity index (χ2n) is 5.72. The minimum absolute atomic E-state index is 0.249. The van der Waals surface area contributed by atoms with E-state index < -0.39 is 5.97 Å². The topological polar surface area (TPSA) is 73.6 Å². The van der Waals surface area contributed by atoms with E-state index in [-0.39, 0.29) is 5.56 Å². The van der Waals surface area contributed by atoms with E-state index in [0.717, 1.165) is 11.1 Å². The average molecular weight is 398 g/mol. The molecular weight excluding hydrogens is 386 g/mol. The van der Waals surface area contributed by atoms with Crippen molar-refractivity contribution >= 4 is 39.9 Å². The predicted molar refractivity (Wildman–Crippen MR) is 104 cm³/mol. The van der Waals surface area contributed by atoms with Crippen molar-refractivity contribution in [2.24, 2.45) is 0 Å². The van der Waals surface area contributed by atoms with E-state index in [4.69, 9.17) is 16.3 Å². The molecule has 0 saturated heterocycles. The Hall–Kier alpha value is -3.03. The van der Waals surface area contributed by atoms with Gasteiger partial charge >= 0.3 is 5.97 Å². The second-order valence-corrected chi connectivity index (χ2v) is 7.16. The molecule has 134 valence electrons. The first-order chi connectivity index (χ1) is 13.0. The lowest BCUT2D eigenvalue weighted by atomic mass is 10.2. The SMILES string of the molecule is CC(=O)Oc1cccc(/C=c2\sc3nc(-c4ccc(Cl)cc4)nn3c2=O)c1. The lowest BCUT2D eigenvalue weighted by molar-refractivity contribution is -0.131. The van der Waals surface area contributed by atoms with Crippen LogP contribution in [0.5, 0.6) is 5.75 Å². The molecule has 2 aromatic carbocycles. The monoisotopic (exact) mass is 397 g/mol. The summed E-state index contributed by atoms with van der Waals surface area (Å²) in [5.74, 6) is 0.497. The summed E-state index contributed by atoms with van der Waals surface area (Å²) in [5, 5.41) is 4.92. The van der Waals surface area contributed by atoms with Crippen LogP contribution in [0.1, 0.15) is 12.5 Å². The molecule has 0 unspecified atom stereocenters. The van der Waals surface area contributed by atoms with Gasteiger partial charge in [0.25, 0.3) is 5.56 Å². The zero-order valence-electron chi connectivity index (χ0n) is 14.0. The zero-order valence-corrected chi connectivity index (χ0v) is 15.6. The third kappa shape index (κ3) is 3.60.